The lowest BCUT2D eigenvalue weighted by atomic mass is 10.2. The number of pyridine rings is 1. The number of nitrogens with one attached hydrogen (secondary N) is 2. The van der Waals surface area contributed by atoms with Crippen molar-refractivity contribution in [1.29, 1.82) is 0 Å². The second-order valence-electron chi connectivity index (χ2n) is 8.29. The molecule has 4 aromatic heterocycles. The maximum atomic E-state index is 14.9. The van der Waals surface area contributed by atoms with Gasteiger partial charge >= 0.3 is 23.9 Å². The minimum absolute atomic E-state index is 0.0357. The molecule has 1 atom stereocenters. The van der Waals surface area contributed by atoms with Gasteiger partial charge in [-0.3, -0.25) is 9.78 Å². The van der Waals surface area contributed by atoms with Gasteiger partial charge in [-0.15, -0.1) is 0 Å². The molecule has 5 rings (SSSR count). The van der Waals surface area contributed by atoms with Crippen molar-refractivity contribution in [3.05, 3.63) is 63.8 Å². The van der Waals surface area contributed by atoms with Crippen LogP contribution in [0.1, 0.15) is 0 Å². The summed E-state index contributed by atoms with van der Waals surface area (Å²) >= 11 is 0. The molecule has 4 aromatic rings. The minimum Gasteiger partial charge on any atom is -0.466 e. The van der Waals surface area contributed by atoms with Crippen LogP contribution in [-0.2, 0) is 0 Å². The second-order valence-corrected chi connectivity index (χ2v) is 8.29. The van der Waals surface area contributed by atoms with Gasteiger partial charge in [-0.05, 0) is 12.1 Å². The number of halogens is 7. The van der Waals surface area contributed by atoms with Crippen molar-refractivity contribution in [2.24, 2.45) is 0 Å². The molecule has 0 spiro atoms. The molecule has 39 heavy (non-hydrogen) atoms. The molecule has 0 bridgehead atoms. The number of anilines is 1. The standard InChI is InChI=1S/C21H14F7N7O4/c22-19(23)9-34(8-14(19)38-15-2-1-10(6-30-15)39-21(27,28)20(24,25)26)13-5-12(33-35-4-3-29-16(13)35)11-7-31-18(37)32-17(11)36/h1-7,14H,8-9H2,(H2,31,32,36,37)/t14-/m0/s1. The van der Waals surface area contributed by atoms with Gasteiger partial charge in [0.2, 0.25) is 5.88 Å². The van der Waals surface area contributed by atoms with E-state index in [0.29, 0.717) is 12.3 Å². The summed E-state index contributed by atoms with van der Waals surface area (Å²) in [5.41, 5.74) is -1.22. The third-order valence-electron chi connectivity index (χ3n) is 5.58. The van der Waals surface area contributed by atoms with E-state index in [-0.39, 0.29) is 22.6 Å². The van der Waals surface area contributed by atoms with E-state index in [2.05, 4.69) is 24.8 Å². The fraction of sp³-hybridized carbons (Fsp3) is 0.286. The van der Waals surface area contributed by atoms with Crippen molar-refractivity contribution < 1.29 is 40.2 Å². The predicted molar refractivity (Wildman–Crippen MR) is 117 cm³/mol. The number of fused-ring (bicyclic) bond motifs is 1. The van der Waals surface area contributed by atoms with E-state index in [4.69, 9.17) is 4.74 Å². The van der Waals surface area contributed by atoms with Gasteiger partial charge in [-0.1, -0.05) is 0 Å². The van der Waals surface area contributed by atoms with E-state index in [1.54, 1.807) is 0 Å². The molecule has 0 radical (unpaired) electrons. The monoisotopic (exact) mass is 561 g/mol. The average molecular weight is 561 g/mol. The Morgan fingerprint density at radius 3 is 2.54 bits per heavy atom. The molecule has 18 heteroatoms. The molecule has 0 aromatic carbocycles. The van der Waals surface area contributed by atoms with Gasteiger partial charge in [0, 0.05) is 24.7 Å². The first-order chi connectivity index (χ1) is 18.2. The summed E-state index contributed by atoms with van der Waals surface area (Å²) in [5, 5.41) is 4.22. The van der Waals surface area contributed by atoms with Crippen LogP contribution in [0.5, 0.6) is 11.6 Å². The van der Waals surface area contributed by atoms with Crippen LogP contribution < -0.4 is 25.6 Å². The highest BCUT2D eigenvalue weighted by Crippen LogP contribution is 2.38. The number of alkyl halides is 7. The first-order valence-corrected chi connectivity index (χ1v) is 10.8. The van der Waals surface area contributed by atoms with E-state index in [1.807, 2.05) is 4.98 Å². The van der Waals surface area contributed by atoms with Crippen LogP contribution in [0.3, 0.4) is 0 Å². The van der Waals surface area contributed by atoms with Crippen LogP contribution in [-0.4, -0.2) is 67.0 Å². The summed E-state index contributed by atoms with van der Waals surface area (Å²) in [6, 6.07) is 2.80. The molecular formula is C21H14F7N7O4. The number of imidazole rings is 1. The number of hydrogen-bond acceptors (Lipinski definition) is 8. The smallest absolute Gasteiger partial charge is 0.466 e. The first kappa shape index (κ1) is 26.0. The fourth-order valence-electron chi connectivity index (χ4n) is 3.77. The lowest BCUT2D eigenvalue weighted by Gasteiger charge is -2.21. The maximum absolute atomic E-state index is 14.9. The van der Waals surface area contributed by atoms with Crippen LogP contribution in [0.4, 0.5) is 36.4 Å². The zero-order valence-electron chi connectivity index (χ0n) is 19.0. The molecule has 2 N–H and O–H groups in total. The highest BCUT2D eigenvalue weighted by Gasteiger charge is 2.61. The number of hydrogen-bond donors (Lipinski definition) is 2. The van der Waals surface area contributed by atoms with Crippen LogP contribution in [0.2, 0.25) is 0 Å². The molecular weight excluding hydrogens is 547 g/mol. The van der Waals surface area contributed by atoms with Gasteiger partial charge in [0.25, 0.3) is 5.56 Å². The molecule has 1 saturated heterocycles. The topological polar surface area (TPSA) is 130 Å². The molecule has 5 heterocycles. The fourth-order valence-corrected chi connectivity index (χ4v) is 3.77. The molecule has 0 aliphatic carbocycles. The normalized spacial score (nSPS) is 17.5. The lowest BCUT2D eigenvalue weighted by molar-refractivity contribution is -0.360. The Morgan fingerprint density at radius 1 is 1.10 bits per heavy atom. The number of H-pyrrole nitrogens is 2. The van der Waals surface area contributed by atoms with Gasteiger partial charge in [0.15, 0.2) is 11.8 Å². The Kier molecular flexibility index (Phi) is 5.99. The minimum atomic E-state index is -5.98. The molecule has 11 nitrogen and oxygen atoms in total. The Bertz CT molecular complexity index is 1630. The third-order valence-corrected chi connectivity index (χ3v) is 5.58. The van der Waals surface area contributed by atoms with E-state index < -0.39 is 60.3 Å². The Morgan fingerprint density at radius 2 is 1.87 bits per heavy atom. The van der Waals surface area contributed by atoms with Crippen LogP contribution in [0, 0.1) is 0 Å². The number of aromatic nitrogens is 6. The SMILES string of the molecule is O=c1[nH]cc(-c2cc(N3C[C@H](Oc4ccc(OC(F)(F)C(F)(F)F)cn4)C(F)(F)C3)c3nccn3n2)c(=O)[nH]1. The largest absolute Gasteiger partial charge is 0.499 e. The summed E-state index contributed by atoms with van der Waals surface area (Å²) in [4.78, 5) is 36.8. The van der Waals surface area contributed by atoms with Gasteiger partial charge in [0.1, 0.15) is 11.4 Å². The summed E-state index contributed by atoms with van der Waals surface area (Å²) in [5.74, 6) is -4.93. The Labute approximate surface area is 210 Å². The number of rotatable bonds is 6. The van der Waals surface area contributed by atoms with Gasteiger partial charge < -0.3 is 19.4 Å². The van der Waals surface area contributed by atoms with Crippen molar-refractivity contribution >= 4 is 11.3 Å². The average Bonchev–Trinajstić information content (AvgIpc) is 3.42. The highest BCUT2D eigenvalue weighted by molar-refractivity contribution is 5.74. The maximum Gasteiger partial charge on any atom is 0.499 e. The zero-order valence-corrected chi connectivity index (χ0v) is 19.0. The highest BCUT2D eigenvalue weighted by atomic mass is 19.4. The summed E-state index contributed by atoms with van der Waals surface area (Å²) < 4.78 is 103. The van der Waals surface area contributed by atoms with Gasteiger partial charge in [0.05, 0.1) is 30.5 Å². The zero-order chi connectivity index (χ0) is 28.2. The van der Waals surface area contributed by atoms with Crippen LogP contribution in [0.25, 0.3) is 16.9 Å². The summed E-state index contributed by atoms with van der Waals surface area (Å²) in [6.07, 6.45) is -8.93. The predicted octanol–water partition coefficient (Wildman–Crippen LogP) is 2.60. The van der Waals surface area contributed by atoms with Crippen molar-refractivity contribution in [3.63, 3.8) is 0 Å². The van der Waals surface area contributed by atoms with E-state index in [9.17, 15) is 40.3 Å². The van der Waals surface area contributed by atoms with Crippen molar-refractivity contribution in [2.45, 2.75) is 24.3 Å². The van der Waals surface area contributed by atoms with E-state index in [1.165, 1.54) is 27.9 Å². The van der Waals surface area contributed by atoms with E-state index in [0.717, 1.165) is 12.3 Å². The quantitative estimate of drug-likeness (QED) is 0.344. The third kappa shape index (κ3) is 4.96. The molecule has 1 fully saturated rings. The molecule has 1 aliphatic heterocycles. The summed E-state index contributed by atoms with van der Waals surface area (Å²) in [6.45, 7) is -1.31. The van der Waals surface area contributed by atoms with E-state index >= 15 is 0 Å². The summed E-state index contributed by atoms with van der Waals surface area (Å²) in [7, 11) is 0. The number of ether oxygens (including phenoxy) is 2. The molecule has 206 valence electrons. The molecule has 0 amide bonds. The first-order valence-electron chi connectivity index (χ1n) is 10.8. The number of aromatic amines is 2. The lowest BCUT2D eigenvalue weighted by Crippen LogP contribution is -2.41. The van der Waals surface area contributed by atoms with Gasteiger partial charge in [-0.2, -0.15) is 27.1 Å². The second kappa shape index (κ2) is 8.98. The van der Waals surface area contributed by atoms with Gasteiger partial charge in [-0.25, -0.2) is 28.1 Å². The Hall–Kier alpha value is -4.64. The number of nitrogens with zero attached hydrogens (tertiary/aromatic N) is 5. The molecule has 1 aliphatic rings. The van der Waals surface area contributed by atoms with Crippen molar-refractivity contribution in [1.82, 2.24) is 29.5 Å². The van der Waals surface area contributed by atoms with Crippen LogP contribution >= 0.6 is 0 Å². The Balaban J connectivity index is 1.39. The molecule has 0 saturated carbocycles. The van der Waals surface area contributed by atoms with Crippen molar-refractivity contribution in [2.75, 3.05) is 18.0 Å². The van der Waals surface area contributed by atoms with Crippen LogP contribution in [0.15, 0.2) is 52.6 Å². The van der Waals surface area contributed by atoms with Crippen molar-refractivity contribution in [3.8, 4) is 22.9 Å². The molecule has 0 unspecified atom stereocenters.